The molecular weight excluding hydrogens is 418 g/mol. The van der Waals surface area contributed by atoms with E-state index < -0.39 is 41.1 Å². The summed E-state index contributed by atoms with van der Waals surface area (Å²) in [5, 5.41) is 38.6. The highest BCUT2D eigenvalue weighted by atomic mass is 16.6. The smallest absolute Gasteiger partial charge is 0.306 e. The Morgan fingerprint density at radius 3 is 1.19 bits per heavy atom. The van der Waals surface area contributed by atoms with E-state index in [4.69, 9.17) is 15.3 Å². The molecule has 9 nitrogen and oxygen atoms in total. The van der Waals surface area contributed by atoms with Crippen molar-refractivity contribution in [2.45, 2.75) is 97.8 Å². The molecule has 0 aliphatic carbocycles. The van der Waals surface area contributed by atoms with E-state index in [2.05, 4.69) is 0 Å². The van der Waals surface area contributed by atoms with Crippen LogP contribution in [0.15, 0.2) is 0 Å². The maximum absolute atomic E-state index is 11.5. The Bertz CT molecular complexity index is 537. The molecule has 0 amide bonds. The van der Waals surface area contributed by atoms with Crippen LogP contribution in [-0.2, 0) is 14.4 Å². The van der Waals surface area contributed by atoms with Crippen LogP contribution in [0.4, 0.5) is 0 Å². The van der Waals surface area contributed by atoms with Crippen LogP contribution < -0.4 is 0 Å². The number of rotatable bonds is 20. The molecule has 0 aromatic rings. The van der Waals surface area contributed by atoms with Crippen LogP contribution >= 0.6 is 0 Å². The van der Waals surface area contributed by atoms with E-state index >= 15 is 0 Å². The van der Waals surface area contributed by atoms with Crippen LogP contribution in [0.5, 0.6) is 0 Å². The van der Waals surface area contributed by atoms with Crippen molar-refractivity contribution in [1.29, 1.82) is 0 Å². The van der Waals surface area contributed by atoms with Gasteiger partial charge in [-0.3, -0.25) is 24.5 Å². The van der Waals surface area contributed by atoms with Crippen molar-refractivity contribution < 1.29 is 34.6 Å². The molecule has 3 N–H and O–H groups in total. The molecule has 0 saturated carbocycles. The van der Waals surface area contributed by atoms with E-state index in [1.807, 2.05) is 0 Å². The van der Waals surface area contributed by atoms with Gasteiger partial charge in [0.1, 0.15) is 0 Å². The minimum atomic E-state index is -0.846. The van der Waals surface area contributed by atoms with E-state index in [1.165, 1.54) is 0 Å². The molecule has 0 aromatic heterocycles. The van der Waals surface area contributed by atoms with Crippen LogP contribution in [0.2, 0.25) is 0 Å². The van der Waals surface area contributed by atoms with Crippen molar-refractivity contribution in [3.05, 3.63) is 10.1 Å². The Hall–Kier alpha value is -2.19. The minimum Gasteiger partial charge on any atom is -0.481 e. The Morgan fingerprint density at radius 2 is 0.969 bits per heavy atom. The third-order valence-electron chi connectivity index (χ3n) is 6.51. The summed E-state index contributed by atoms with van der Waals surface area (Å²) in [6.07, 6.45) is 7.54. The summed E-state index contributed by atoms with van der Waals surface area (Å²) in [4.78, 5) is 44.2. The van der Waals surface area contributed by atoms with Crippen LogP contribution in [0.25, 0.3) is 0 Å². The molecule has 0 fully saturated rings. The SMILES string of the molecule is CC(CCCCC(CCCCC(C)C(=O)O)(CCCCC(C)C(=O)O)C[N+](=O)[O-])C(=O)O. The summed E-state index contributed by atoms with van der Waals surface area (Å²) in [7, 11) is 0. The average molecular weight is 460 g/mol. The first-order chi connectivity index (χ1) is 14.9. The van der Waals surface area contributed by atoms with E-state index in [1.54, 1.807) is 20.8 Å². The van der Waals surface area contributed by atoms with Crippen molar-refractivity contribution in [1.82, 2.24) is 0 Å². The van der Waals surface area contributed by atoms with Gasteiger partial charge in [-0.2, -0.15) is 0 Å². The average Bonchev–Trinajstić information content (AvgIpc) is 2.70. The number of carboxylic acid groups (broad SMARTS) is 3. The number of carbonyl (C=O) groups is 3. The van der Waals surface area contributed by atoms with Gasteiger partial charge >= 0.3 is 17.9 Å². The number of hydrogen-bond acceptors (Lipinski definition) is 5. The Balaban J connectivity index is 5.03. The van der Waals surface area contributed by atoms with Gasteiger partial charge in [-0.1, -0.05) is 59.3 Å². The van der Waals surface area contributed by atoms with E-state index in [-0.39, 0.29) is 11.5 Å². The molecule has 3 atom stereocenters. The van der Waals surface area contributed by atoms with Crippen LogP contribution in [0, 0.1) is 33.3 Å². The summed E-state index contributed by atoms with van der Waals surface area (Å²) in [5.41, 5.74) is -0.533. The normalized spacial score (nSPS) is 16.0. The molecule has 32 heavy (non-hydrogen) atoms. The molecule has 186 valence electrons. The minimum absolute atomic E-state index is 0.176. The van der Waals surface area contributed by atoms with Gasteiger partial charge < -0.3 is 15.3 Å². The monoisotopic (exact) mass is 459 g/mol. The maximum Gasteiger partial charge on any atom is 0.306 e. The fraction of sp³-hybridized carbons (Fsp3) is 0.870. The zero-order valence-electron chi connectivity index (χ0n) is 19.8. The lowest BCUT2D eigenvalue weighted by atomic mass is 9.73. The molecule has 0 saturated heterocycles. The molecule has 0 spiro atoms. The van der Waals surface area contributed by atoms with Crippen molar-refractivity contribution >= 4 is 17.9 Å². The van der Waals surface area contributed by atoms with Gasteiger partial charge in [0.05, 0.1) is 17.8 Å². The molecule has 0 aliphatic rings. The van der Waals surface area contributed by atoms with Crippen LogP contribution in [0.3, 0.4) is 0 Å². The molecule has 0 heterocycles. The molecule has 0 bridgehead atoms. The maximum atomic E-state index is 11.5. The summed E-state index contributed by atoms with van der Waals surface area (Å²) in [5.74, 6) is -3.88. The van der Waals surface area contributed by atoms with Gasteiger partial charge in [0.15, 0.2) is 0 Å². The van der Waals surface area contributed by atoms with Gasteiger partial charge in [0.25, 0.3) is 0 Å². The third-order valence-corrected chi connectivity index (χ3v) is 6.51. The number of aliphatic carboxylic acids is 3. The van der Waals surface area contributed by atoms with Crippen molar-refractivity contribution in [2.75, 3.05) is 6.54 Å². The van der Waals surface area contributed by atoms with Gasteiger partial charge in [0, 0.05) is 10.3 Å². The molecule has 9 heteroatoms. The van der Waals surface area contributed by atoms with Gasteiger partial charge in [-0.15, -0.1) is 0 Å². The highest BCUT2D eigenvalue weighted by Gasteiger charge is 2.34. The highest BCUT2D eigenvalue weighted by molar-refractivity contribution is 5.70. The highest BCUT2D eigenvalue weighted by Crippen LogP contribution is 2.38. The predicted octanol–water partition coefficient (Wildman–Crippen LogP) is 5.09. The molecule has 0 aromatic carbocycles. The van der Waals surface area contributed by atoms with E-state index in [0.717, 1.165) is 0 Å². The fourth-order valence-electron chi connectivity index (χ4n) is 4.11. The van der Waals surface area contributed by atoms with Crippen LogP contribution in [0.1, 0.15) is 97.8 Å². The summed E-state index contributed by atoms with van der Waals surface area (Å²) < 4.78 is 0. The van der Waals surface area contributed by atoms with Gasteiger partial charge in [0.2, 0.25) is 6.54 Å². The van der Waals surface area contributed by atoms with Crippen LogP contribution in [-0.4, -0.2) is 44.7 Å². The number of nitro groups is 1. The summed E-state index contributed by atoms with van der Waals surface area (Å²) in [6, 6.07) is 0. The largest absolute Gasteiger partial charge is 0.481 e. The number of nitrogens with zero attached hydrogens (tertiary/aromatic N) is 1. The second kappa shape index (κ2) is 15.6. The fourth-order valence-corrected chi connectivity index (χ4v) is 4.11. The Morgan fingerprint density at radius 1 is 0.688 bits per heavy atom. The van der Waals surface area contributed by atoms with Crippen molar-refractivity contribution in [2.24, 2.45) is 23.2 Å². The first kappa shape index (κ1) is 29.8. The second-order valence-corrected chi connectivity index (χ2v) is 9.45. The molecule has 3 unspecified atom stereocenters. The lowest BCUT2D eigenvalue weighted by molar-refractivity contribution is -0.499. The third kappa shape index (κ3) is 13.3. The zero-order chi connectivity index (χ0) is 24.7. The summed E-state index contributed by atoms with van der Waals surface area (Å²) in [6.45, 7) is 4.78. The van der Waals surface area contributed by atoms with Crippen molar-refractivity contribution in [3.8, 4) is 0 Å². The first-order valence-corrected chi connectivity index (χ1v) is 11.7. The van der Waals surface area contributed by atoms with E-state index in [9.17, 15) is 24.5 Å². The number of hydrogen-bond donors (Lipinski definition) is 3. The van der Waals surface area contributed by atoms with Crippen molar-refractivity contribution in [3.63, 3.8) is 0 Å². The number of unbranched alkanes of at least 4 members (excludes halogenated alkanes) is 3. The van der Waals surface area contributed by atoms with Gasteiger partial charge in [-0.25, -0.2) is 0 Å². The standard InChI is InChI=1S/C23H41NO8/c1-17(20(25)26)10-4-7-13-23(16-24(31)32,14-8-5-11-18(2)21(27)28)15-9-6-12-19(3)22(29)30/h17-19H,4-16H2,1-3H3,(H,25,26)(H,27,28)(H,29,30). The van der Waals surface area contributed by atoms with E-state index in [0.29, 0.717) is 77.0 Å². The number of carboxylic acids is 3. The quantitative estimate of drug-likeness (QED) is 0.129. The lowest BCUT2D eigenvalue weighted by Crippen LogP contribution is -2.30. The lowest BCUT2D eigenvalue weighted by Gasteiger charge is -2.31. The predicted molar refractivity (Wildman–Crippen MR) is 120 cm³/mol. The Labute approximate surface area is 190 Å². The molecular formula is C23H41NO8. The molecule has 0 aliphatic heterocycles. The van der Waals surface area contributed by atoms with Gasteiger partial charge in [-0.05, 0) is 38.5 Å². The first-order valence-electron chi connectivity index (χ1n) is 11.7. The topological polar surface area (TPSA) is 155 Å². The zero-order valence-corrected chi connectivity index (χ0v) is 19.8. The second-order valence-electron chi connectivity index (χ2n) is 9.45. The summed E-state index contributed by atoms with van der Waals surface area (Å²) >= 11 is 0. The molecule has 0 radical (unpaired) electrons. The molecule has 0 rings (SSSR count). The Kier molecular flexibility index (Phi) is 14.5.